The topological polar surface area (TPSA) is 127 Å². The van der Waals surface area contributed by atoms with Crippen LogP contribution in [-0.4, -0.2) is 47.4 Å². The minimum Gasteiger partial charge on any atom is -0.395 e. The van der Waals surface area contributed by atoms with Crippen LogP contribution >= 0.6 is 11.5 Å². The summed E-state index contributed by atoms with van der Waals surface area (Å²) in [5.74, 6) is -1.19. The molecule has 0 bridgehead atoms. The molecule has 2 heterocycles. The van der Waals surface area contributed by atoms with E-state index < -0.39 is 11.9 Å². The van der Waals surface area contributed by atoms with E-state index >= 15 is 0 Å². The van der Waals surface area contributed by atoms with Gasteiger partial charge >= 0.3 is 0 Å². The van der Waals surface area contributed by atoms with Crippen molar-refractivity contribution in [3.8, 4) is 0 Å². The Morgan fingerprint density at radius 3 is 2.47 bits per heavy atom. The zero-order valence-corrected chi connectivity index (χ0v) is 26.0. The first-order chi connectivity index (χ1) is 20.7. The van der Waals surface area contributed by atoms with Gasteiger partial charge in [0.25, 0.3) is 11.8 Å². The van der Waals surface area contributed by atoms with Crippen LogP contribution in [0.25, 0.3) is 0 Å². The molecule has 9 nitrogen and oxygen atoms in total. The fraction of sp³-hybridized carbons (Fsp3) is 0.455. The number of nitrogens with zero attached hydrogens (tertiary/aromatic N) is 2. The molecule has 228 valence electrons. The minimum atomic E-state index is -1.00. The molecule has 2 fully saturated rings. The number of anilines is 2. The monoisotopic (exact) mass is 603 g/mol. The van der Waals surface area contributed by atoms with Gasteiger partial charge < -0.3 is 21.1 Å². The Balaban J connectivity index is 1.54. The molecule has 5 rings (SSSR count). The summed E-state index contributed by atoms with van der Waals surface area (Å²) in [6.45, 7) is 6.90. The van der Waals surface area contributed by atoms with Gasteiger partial charge in [0.1, 0.15) is 10.9 Å². The van der Waals surface area contributed by atoms with E-state index in [2.05, 4.69) is 15.0 Å². The van der Waals surface area contributed by atoms with E-state index in [1.807, 2.05) is 63.2 Å². The van der Waals surface area contributed by atoms with Gasteiger partial charge in [-0.25, -0.2) is 0 Å². The Morgan fingerprint density at radius 2 is 1.77 bits per heavy atom. The highest BCUT2D eigenvalue weighted by Gasteiger charge is 2.37. The maximum atomic E-state index is 14.6. The Labute approximate surface area is 257 Å². The minimum absolute atomic E-state index is 0.0287. The number of rotatable bonds is 9. The Morgan fingerprint density at radius 1 is 1.02 bits per heavy atom. The molecule has 3 amide bonds. The van der Waals surface area contributed by atoms with Gasteiger partial charge in [-0.05, 0) is 80.7 Å². The van der Waals surface area contributed by atoms with Crippen LogP contribution in [0.1, 0.15) is 93.4 Å². The number of hydrogen-bond donors (Lipinski definition) is 3. The largest absolute Gasteiger partial charge is 0.395 e. The summed E-state index contributed by atoms with van der Waals surface area (Å²) in [5, 5.41) is 6.09. The lowest BCUT2D eigenvalue weighted by atomic mass is 9.95. The molecule has 2 aliphatic rings. The first-order valence-corrected chi connectivity index (χ1v) is 15.9. The number of nitrogens with one attached hydrogen (secondary N) is 2. The fourth-order valence-electron chi connectivity index (χ4n) is 5.87. The number of carbonyl (C=O) groups is 3. The van der Waals surface area contributed by atoms with Crippen molar-refractivity contribution in [1.29, 1.82) is 0 Å². The van der Waals surface area contributed by atoms with Crippen molar-refractivity contribution >= 4 is 40.6 Å². The number of carbonyl (C=O) groups excluding carboxylic acids is 3. The molecule has 0 unspecified atom stereocenters. The van der Waals surface area contributed by atoms with Crippen molar-refractivity contribution in [3.63, 3.8) is 0 Å². The van der Waals surface area contributed by atoms with E-state index in [9.17, 15) is 14.4 Å². The van der Waals surface area contributed by atoms with E-state index in [4.69, 9.17) is 10.5 Å². The average Bonchev–Trinajstić information content (AvgIpc) is 3.67. The standard InChI is InChI=1S/C33H41N5O4S/c1-20-14-16-23(17-15-20)29(32(40)35-19-25-12-8-18-42-25)38(26-13-7-9-21(2)22(26)3)33(41)30-27(34)28(37-43-30)31(39)36-24-10-5-4-6-11-24/h7,9,13-17,24-25,29H,4-6,8,10-12,18-19,34H2,1-3H3,(H,35,40)(H,36,39)/t25-,29-/m0/s1. The first kappa shape index (κ1) is 30.7. The summed E-state index contributed by atoms with van der Waals surface area (Å²) < 4.78 is 10.1. The van der Waals surface area contributed by atoms with Crippen LogP contribution in [0.5, 0.6) is 0 Å². The van der Waals surface area contributed by atoms with E-state index in [1.165, 1.54) is 11.3 Å². The van der Waals surface area contributed by atoms with Crippen molar-refractivity contribution in [2.24, 2.45) is 0 Å². The van der Waals surface area contributed by atoms with E-state index in [1.54, 1.807) is 0 Å². The predicted octanol–water partition coefficient (Wildman–Crippen LogP) is 5.40. The molecule has 2 aromatic carbocycles. The summed E-state index contributed by atoms with van der Waals surface area (Å²) in [5.41, 5.74) is 10.7. The highest BCUT2D eigenvalue weighted by molar-refractivity contribution is 7.09. The fourth-order valence-corrected chi connectivity index (χ4v) is 6.61. The second kappa shape index (κ2) is 13.7. The van der Waals surface area contributed by atoms with E-state index in [0.29, 0.717) is 24.4 Å². The quantitative estimate of drug-likeness (QED) is 0.301. The number of benzene rings is 2. The molecule has 1 saturated heterocycles. The smallest absolute Gasteiger partial charge is 0.273 e. The number of ether oxygens (including phenoxy) is 1. The van der Waals surface area contributed by atoms with Gasteiger partial charge in [0.15, 0.2) is 5.69 Å². The second-order valence-electron chi connectivity index (χ2n) is 11.7. The van der Waals surface area contributed by atoms with Crippen molar-refractivity contribution in [2.45, 2.75) is 83.9 Å². The van der Waals surface area contributed by atoms with Gasteiger partial charge in [-0.15, -0.1) is 0 Å². The zero-order chi connectivity index (χ0) is 30.5. The molecule has 1 aromatic heterocycles. The van der Waals surface area contributed by atoms with Gasteiger partial charge in [0, 0.05) is 24.9 Å². The molecule has 3 aromatic rings. The maximum Gasteiger partial charge on any atom is 0.273 e. The van der Waals surface area contributed by atoms with Crippen molar-refractivity contribution in [1.82, 2.24) is 15.0 Å². The Hall–Kier alpha value is -3.76. The van der Waals surface area contributed by atoms with Crippen LogP contribution < -0.4 is 21.3 Å². The third kappa shape index (κ3) is 6.91. The molecule has 1 saturated carbocycles. The Bertz CT molecular complexity index is 1460. The van der Waals surface area contributed by atoms with Crippen LogP contribution in [-0.2, 0) is 9.53 Å². The molecule has 2 atom stereocenters. The van der Waals surface area contributed by atoms with Crippen LogP contribution in [0.4, 0.5) is 11.4 Å². The van der Waals surface area contributed by atoms with Crippen molar-refractivity contribution in [3.05, 3.63) is 75.3 Å². The average molecular weight is 604 g/mol. The van der Waals surface area contributed by atoms with E-state index in [0.717, 1.165) is 66.7 Å². The maximum absolute atomic E-state index is 14.6. The summed E-state index contributed by atoms with van der Waals surface area (Å²) in [6, 6.07) is 12.3. The SMILES string of the molecule is Cc1ccc([C@@H](C(=O)NC[C@@H]2CCCO2)N(C(=O)c2snc(C(=O)NC3CCCCC3)c2N)c2cccc(C)c2C)cc1. The second-order valence-corrected chi connectivity index (χ2v) is 12.4. The molecule has 1 aliphatic heterocycles. The molecule has 4 N–H and O–H groups in total. The van der Waals surface area contributed by atoms with Gasteiger partial charge in [-0.1, -0.05) is 61.2 Å². The molecule has 43 heavy (non-hydrogen) atoms. The predicted molar refractivity (Wildman–Crippen MR) is 169 cm³/mol. The molecule has 0 spiro atoms. The first-order valence-electron chi connectivity index (χ1n) is 15.2. The number of nitrogens with two attached hydrogens (primary N) is 1. The number of aryl methyl sites for hydroxylation is 2. The van der Waals surface area contributed by atoms with Gasteiger partial charge in [-0.3, -0.25) is 19.3 Å². The van der Waals surface area contributed by atoms with Crippen molar-refractivity contribution < 1.29 is 19.1 Å². The van der Waals surface area contributed by atoms with Crippen LogP contribution in [0.3, 0.4) is 0 Å². The van der Waals surface area contributed by atoms with Crippen molar-refractivity contribution in [2.75, 3.05) is 23.8 Å². The van der Waals surface area contributed by atoms with Gasteiger partial charge in [0.05, 0.1) is 11.8 Å². The summed E-state index contributed by atoms with van der Waals surface area (Å²) in [4.78, 5) is 43.5. The highest BCUT2D eigenvalue weighted by Crippen LogP contribution is 2.36. The third-order valence-electron chi connectivity index (χ3n) is 8.56. The third-order valence-corrected chi connectivity index (χ3v) is 9.41. The lowest BCUT2D eigenvalue weighted by Gasteiger charge is -2.33. The normalized spacial score (nSPS) is 17.8. The highest BCUT2D eigenvalue weighted by atomic mass is 32.1. The van der Waals surface area contributed by atoms with Gasteiger partial charge in [0.2, 0.25) is 5.91 Å². The molecular weight excluding hydrogens is 562 g/mol. The van der Waals surface area contributed by atoms with Crippen LogP contribution in [0.15, 0.2) is 42.5 Å². The number of amides is 3. The lowest BCUT2D eigenvalue weighted by molar-refractivity contribution is -0.123. The lowest BCUT2D eigenvalue weighted by Crippen LogP contribution is -2.46. The number of aromatic nitrogens is 1. The summed E-state index contributed by atoms with van der Waals surface area (Å²) in [6.07, 6.45) is 6.91. The number of nitrogen functional groups attached to an aromatic ring is 1. The molecule has 10 heteroatoms. The summed E-state index contributed by atoms with van der Waals surface area (Å²) in [7, 11) is 0. The molecule has 0 radical (unpaired) electrons. The molecule has 1 aliphatic carbocycles. The van der Waals surface area contributed by atoms with Crippen LogP contribution in [0, 0.1) is 20.8 Å². The van der Waals surface area contributed by atoms with E-state index in [-0.39, 0.29) is 40.2 Å². The molecular formula is C33H41N5O4S. The van der Waals surface area contributed by atoms with Crippen LogP contribution in [0.2, 0.25) is 0 Å². The zero-order valence-electron chi connectivity index (χ0n) is 25.2. The Kier molecular flexibility index (Phi) is 9.77. The number of hydrogen-bond acceptors (Lipinski definition) is 7. The summed E-state index contributed by atoms with van der Waals surface area (Å²) >= 11 is 0.889. The van der Waals surface area contributed by atoms with Gasteiger partial charge in [-0.2, -0.15) is 4.37 Å².